The molecule has 0 unspecified atom stereocenters. The van der Waals surface area contributed by atoms with Crippen molar-refractivity contribution < 1.29 is 14.3 Å². The van der Waals surface area contributed by atoms with Gasteiger partial charge in [-0.25, -0.2) is 4.79 Å². The number of aromatic nitrogens is 2. The van der Waals surface area contributed by atoms with Crippen LogP contribution in [-0.4, -0.2) is 27.8 Å². The van der Waals surface area contributed by atoms with E-state index < -0.39 is 12.1 Å². The number of nitrogens with zero attached hydrogens (tertiary/aromatic N) is 2. The zero-order valence-corrected chi connectivity index (χ0v) is 14.9. The molecule has 1 atom stereocenters. The first-order valence-corrected chi connectivity index (χ1v) is 7.79. The molecule has 0 radical (unpaired) electrons. The largest absolute Gasteiger partial charge is 0.449 e. The maximum atomic E-state index is 12.3. The van der Waals surface area contributed by atoms with Crippen molar-refractivity contribution in [1.29, 1.82) is 0 Å². The molecule has 24 heavy (non-hydrogen) atoms. The molecule has 0 aliphatic carbocycles. The van der Waals surface area contributed by atoms with E-state index in [1.54, 1.807) is 23.7 Å². The van der Waals surface area contributed by atoms with Gasteiger partial charge in [-0.3, -0.25) is 9.48 Å². The lowest BCUT2D eigenvalue weighted by Gasteiger charge is -2.14. The average molecular weight is 329 g/mol. The Balaban J connectivity index is 2.07. The number of carbonyl (C=O) groups is 2. The van der Waals surface area contributed by atoms with Crippen molar-refractivity contribution in [1.82, 2.24) is 9.78 Å². The molecule has 128 valence electrons. The Hall–Kier alpha value is -2.63. The molecule has 0 spiro atoms. The molecule has 2 aromatic rings. The van der Waals surface area contributed by atoms with Crippen molar-refractivity contribution in [2.24, 2.45) is 7.05 Å². The van der Waals surface area contributed by atoms with Gasteiger partial charge in [0, 0.05) is 7.05 Å². The fourth-order valence-corrected chi connectivity index (χ4v) is 2.55. The van der Waals surface area contributed by atoms with E-state index in [1.165, 1.54) is 0 Å². The summed E-state index contributed by atoms with van der Waals surface area (Å²) in [4.78, 5) is 24.5. The number of amides is 1. The summed E-state index contributed by atoms with van der Waals surface area (Å²) in [5.41, 5.74) is 4.60. The quantitative estimate of drug-likeness (QED) is 0.876. The van der Waals surface area contributed by atoms with Crippen LogP contribution in [0.3, 0.4) is 0 Å². The van der Waals surface area contributed by atoms with E-state index >= 15 is 0 Å². The molecule has 1 aromatic carbocycles. The van der Waals surface area contributed by atoms with Gasteiger partial charge < -0.3 is 10.1 Å². The van der Waals surface area contributed by atoms with Gasteiger partial charge in [-0.2, -0.15) is 5.10 Å². The number of ether oxygens (including phenoxy) is 1. The number of nitrogens with one attached hydrogen (secondary N) is 1. The van der Waals surface area contributed by atoms with Crippen molar-refractivity contribution in [3.63, 3.8) is 0 Å². The van der Waals surface area contributed by atoms with Gasteiger partial charge in [0.15, 0.2) is 6.10 Å². The van der Waals surface area contributed by atoms with Crippen LogP contribution in [0.1, 0.15) is 39.8 Å². The third kappa shape index (κ3) is 3.82. The fourth-order valence-electron chi connectivity index (χ4n) is 2.55. The minimum Gasteiger partial charge on any atom is -0.449 e. The second-order valence-corrected chi connectivity index (χ2v) is 6.08. The Labute approximate surface area is 141 Å². The van der Waals surface area contributed by atoms with Gasteiger partial charge in [0.05, 0.1) is 22.6 Å². The van der Waals surface area contributed by atoms with Crippen LogP contribution in [0.4, 0.5) is 5.69 Å². The standard InChI is InChI=1S/C18H23N3O3/c1-10-7-11(2)9-15(8-10)18(23)24-14(5)17(22)19-16-12(3)20-21(6)13(16)4/h7-9,14H,1-6H3,(H,19,22)/t14-/m1/s1. The van der Waals surface area contributed by atoms with Gasteiger partial charge >= 0.3 is 5.97 Å². The highest BCUT2D eigenvalue weighted by Gasteiger charge is 2.21. The van der Waals surface area contributed by atoms with Crippen molar-refractivity contribution in [3.8, 4) is 0 Å². The molecule has 0 bridgehead atoms. The Morgan fingerprint density at radius 3 is 2.21 bits per heavy atom. The minimum atomic E-state index is -0.905. The van der Waals surface area contributed by atoms with E-state index in [9.17, 15) is 9.59 Å². The van der Waals surface area contributed by atoms with E-state index in [4.69, 9.17) is 4.74 Å². The zero-order chi connectivity index (χ0) is 18.0. The molecule has 1 heterocycles. The molecule has 0 aliphatic rings. The van der Waals surface area contributed by atoms with Gasteiger partial charge in [-0.1, -0.05) is 17.2 Å². The number of aryl methyl sites for hydroxylation is 4. The molecule has 0 aliphatic heterocycles. The lowest BCUT2D eigenvalue weighted by molar-refractivity contribution is -0.123. The summed E-state index contributed by atoms with van der Waals surface area (Å²) < 4.78 is 6.98. The average Bonchev–Trinajstić information content (AvgIpc) is 2.72. The van der Waals surface area contributed by atoms with Crippen LogP contribution in [0.15, 0.2) is 18.2 Å². The Bertz CT molecular complexity index is 773. The summed E-state index contributed by atoms with van der Waals surface area (Å²) in [5.74, 6) is -0.893. The number of hydrogen-bond acceptors (Lipinski definition) is 4. The zero-order valence-electron chi connectivity index (χ0n) is 14.9. The molecular weight excluding hydrogens is 306 g/mol. The molecule has 1 aromatic heterocycles. The monoisotopic (exact) mass is 329 g/mol. The summed E-state index contributed by atoms with van der Waals surface area (Å²) >= 11 is 0. The van der Waals surface area contributed by atoms with Gasteiger partial charge in [0.25, 0.3) is 5.91 Å². The second-order valence-electron chi connectivity index (χ2n) is 6.08. The normalized spacial score (nSPS) is 11.9. The van der Waals surface area contributed by atoms with E-state index in [1.807, 2.05) is 40.8 Å². The highest BCUT2D eigenvalue weighted by molar-refractivity contribution is 5.98. The first-order valence-electron chi connectivity index (χ1n) is 7.79. The summed E-state index contributed by atoms with van der Waals surface area (Å²) in [6, 6.07) is 5.46. The molecule has 1 N–H and O–H groups in total. The van der Waals surface area contributed by atoms with Gasteiger partial charge in [-0.15, -0.1) is 0 Å². The molecule has 6 nitrogen and oxygen atoms in total. The van der Waals surface area contributed by atoms with Crippen LogP contribution in [0, 0.1) is 27.7 Å². The highest BCUT2D eigenvalue weighted by atomic mass is 16.5. The van der Waals surface area contributed by atoms with E-state index in [0.29, 0.717) is 11.3 Å². The number of anilines is 1. The highest BCUT2D eigenvalue weighted by Crippen LogP contribution is 2.19. The van der Waals surface area contributed by atoms with E-state index in [2.05, 4.69) is 10.4 Å². The predicted octanol–water partition coefficient (Wildman–Crippen LogP) is 2.84. The van der Waals surface area contributed by atoms with Crippen molar-refractivity contribution in [2.75, 3.05) is 5.32 Å². The Morgan fingerprint density at radius 2 is 1.71 bits per heavy atom. The number of esters is 1. The molecular formula is C18H23N3O3. The van der Waals surface area contributed by atoms with Crippen LogP contribution in [0.2, 0.25) is 0 Å². The third-order valence-electron chi connectivity index (χ3n) is 3.87. The third-order valence-corrected chi connectivity index (χ3v) is 3.87. The van der Waals surface area contributed by atoms with Crippen LogP contribution in [0.25, 0.3) is 0 Å². The van der Waals surface area contributed by atoms with Crippen molar-refractivity contribution >= 4 is 17.6 Å². The minimum absolute atomic E-state index is 0.382. The summed E-state index contributed by atoms with van der Waals surface area (Å²) in [7, 11) is 1.81. The number of benzene rings is 1. The molecule has 0 fully saturated rings. The smallest absolute Gasteiger partial charge is 0.338 e. The molecule has 0 saturated heterocycles. The van der Waals surface area contributed by atoms with Crippen LogP contribution in [0.5, 0.6) is 0 Å². The number of carbonyl (C=O) groups excluding carboxylic acids is 2. The first kappa shape index (κ1) is 17.7. The SMILES string of the molecule is Cc1cc(C)cc(C(=O)O[C@H](C)C(=O)Nc2c(C)nn(C)c2C)c1. The fraction of sp³-hybridized carbons (Fsp3) is 0.389. The van der Waals surface area contributed by atoms with Gasteiger partial charge in [-0.05, 0) is 46.8 Å². The topological polar surface area (TPSA) is 73.2 Å². The number of hydrogen-bond donors (Lipinski definition) is 1. The summed E-state index contributed by atoms with van der Waals surface area (Å²) in [5, 5.41) is 7.02. The maximum absolute atomic E-state index is 12.3. The molecule has 2 rings (SSSR count). The van der Waals surface area contributed by atoms with Crippen molar-refractivity contribution in [2.45, 2.75) is 40.7 Å². The lowest BCUT2D eigenvalue weighted by Crippen LogP contribution is -2.30. The summed E-state index contributed by atoms with van der Waals surface area (Å²) in [6.07, 6.45) is -0.905. The first-order chi connectivity index (χ1) is 11.2. The van der Waals surface area contributed by atoms with Crippen LogP contribution < -0.4 is 5.32 Å². The maximum Gasteiger partial charge on any atom is 0.338 e. The molecule has 6 heteroatoms. The van der Waals surface area contributed by atoms with E-state index in [0.717, 1.165) is 22.5 Å². The van der Waals surface area contributed by atoms with Crippen LogP contribution >= 0.6 is 0 Å². The second kappa shape index (κ2) is 6.86. The summed E-state index contributed by atoms with van der Waals surface area (Å²) in [6.45, 7) is 9.05. The lowest BCUT2D eigenvalue weighted by atomic mass is 10.1. The Kier molecular flexibility index (Phi) is 5.07. The van der Waals surface area contributed by atoms with E-state index in [-0.39, 0.29) is 5.91 Å². The van der Waals surface area contributed by atoms with Crippen LogP contribution in [-0.2, 0) is 16.6 Å². The molecule has 1 amide bonds. The predicted molar refractivity (Wildman–Crippen MR) is 92.1 cm³/mol. The van der Waals surface area contributed by atoms with Gasteiger partial charge in [0.2, 0.25) is 0 Å². The van der Waals surface area contributed by atoms with Crippen molar-refractivity contribution in [3.05, 3.63) is 46.3 Å². The Morgan fingerprint density at radius 1 is 1.12 bits per heavy atom. The number of rotatable bonds is 4. The van der Waals surface area contributed by atoms with Gasteiger partial charge in [0.1, 0.15) is 0 Å². The molecule has 0 saturated carbocycles.